The zero-order valence-electron chi connectivity index (χ0n) is 9.06. The van der Waals surface area contributed by atoms with E-state index in [4.69, 9.17) is 13.8 Å². The van der Waals surface area contributed by atoms with Gasteiger partial charge in [0.1, 0.15) is 0 Å². The Bertz CT molecular complexity index is 193. The maximum absolute atomic E-state index is 11.8. The predicted molar refractivity (Wildman–Crippen MR) is 56.5 cm³/mol. The Morgan fingerprint density at radius 3 is 2.07 bits per heavy atom. The molecule has 0 saturated heterocycles. The van der Waals surface area contributed by atoms with Gasteiger partial charge in [0.25, 0.3) is 0 Å². The van der Waals surface area contributed by atoms with Gasteiger partial charge in [-0.15, -0.1) is 0 Å². The Balaban J connectivity index is 4.01. The molecule has 0 amide bonds. The van der Waals surface area contributed by atoms with Gasteiger partial charge in [-0.2, -0.15) is 0 Å². The van der Waals surface area contributed by atoms with E-state index in [9.17, 15) is 4.57 Å². The smallest absolute Gasteiger partial charge is 0.334 e. The molecule has 14 heavy (non-hydrogen) atoms. The van der Waals surface area contributed by atoms with Gasteiger partial charge in [-0.05, 0) is 26.8 Å². The lowest BCUT2D eigenvalue weighted by Gasteiger charge is -2.14. The summed E-state index contributed by atoms with van der Waals surface area (Å²) in [5.74, 6) is 0. The highest BCUT2D eigenvalue weighted by Crippen LogP contribution is 2.47. The van der Waals surface area contributed by atoms with Crippen LogP contribution in [-0.4, -0.2) is 26.0 Å². The topological polar surface area (TPSA) is 44.8 Å². The Morgan fingerprint density at radius 1 is 1.07 bits per heavy atom. The van der Waals surface area contributed by atoms with E-state index in [-0.39, 0.29) is 6.16 Å². The van der Waals surface area contributed by atoms with Crippen LogP contribution in [0.25, 0.3) is 0 Å². The van der Waals surface area contributed by atoms with Crippen LogP contribution >= 0.6 is 7.60 Å². The van der Waals surface area contributed by atoms with Crippen LogP contribution in [0.15, 0.2) is 12.3 Å². The lowest BCUT2D eigenvalue weighted by Crippen LogP contribution is -1.98. The minimum atomic E-state index is -2.93. The van der Waals surface area contributed by atoms with Gasteiger partial charge in [-0.3, -0.25) is 4.57 Å². The molecule has 5 heteroatoms. The first kappa shape index (κ1) is 13.7. The van der Waals surface area contributed by atoms with Gasteiger partial charge >= 0.3 is 7.60 Å². The Morgan fingerprint density at radius 2 is 1.64 bits per heavy atom. The minimum Gasteiger partial charge on any atom is -0.502 e. The second kappa shape index (κ2) is 8.04. The zero-order chi connectivity index (χ0) is 10.9. The zero-order valence-corrected chi connectivity index (χ0v) is 9.96. The summed E-state index contributed by atoms with van der Waals surface area (Å²) < 4.78 is 27.0. The fourth-order valence-electron chi connectivity index (χ4n) is 0.872. The maximum atomic E-state index is 11.8. The highest BCUT2D eigenvalue weighted by atomic mass is 31.2. The SMILES string of the molecule is CCOC=CCP(=O)(OCC)OCC. The predicted octanol–water partition coefficient (Wildman–Crippen LogP) is 2.80. The summed E-state index contributed by atoms with van der Waals surface area (Å²) in [7, 11) is -2.93. The van der Waals surface area contributed by atoms with Crippen LogP contribution in [0, 0.1) is 0 Å². The average Bonchev–Trinajstić information content (AvgIpc) is 2.13. The van der Waals surface area contributed by atoms with Gasteiger partial charge in [0.2, 0.25) is 0 Å². The molecule has 0 bridgehead atoms. The second-order valence-corrected chi connectivity index (χ2v) is 4.56. The van der Waals surface area contributed by atoms with Crippen LogP contribution in [0.4, 0.5) is 0 Å². The van der Waals surface area contributed by atoms with E-state index < -0.39 is 7.60 Å². The molecule has 0 aliphatic rings. The molecule has 0 heterocycles. The Labute approximate surface area is 85.8 Å². The number of allylic oxidation sites excluding steroid dienone is 1. The number of rotatable bonds is 8. The van der Waals surface area contributed by atoms with E-state index in [1.165, 1.54) is 6.26 Å². The molecule has 0 aromatic rings. The van der Waals surface area contributed by atoms with Crippen molar-refractivity contribution >= 4 is 7.60 Å². The summed E-state index contributed by atoms with van der Waals surface area (Å²) in [6.45, 7) is 6.84. The fourth-order valence-corrected chi connectivity index (χ4v) is 2.29. The van der Waals surface area contributed by atoms with Gasteiger partial charge in [0, 0.05) is 0 Å². The van der Waals surface area contributed by atoms with Crippen molar-refractivity contribution in [2.45, 2.75) is 20.8 Å². The van der Waals surface area contributed by atoms with Gasteiger partial charge in [0.15, 0.2) is 0 Å². The molecule has 0 spiro atoms. The molecule has 0 fully saturated rings. The molecule has 0 aromatic heterocycles. The molecule has 0 saturated carbocycles. The molecule has 4 nitrogen and oxygen atoms in total. The number of hydrogen-bond donors (Lipinski definition) is 0. The molecule has 0 aromatic carbocycles. The van der Waals surface area contributed by atoms with Crippen molar-refractivity contribution in [1.29, 1.82) is 0 Å². The van der Waals surface area contributed by atoms with E-state index in [1.54, 1.807) is 19.9 Å². The average molecular weight is 222 g/mol. The van der Waals surface area contributed by atoms with E-state index in [0.29, 0.717) is 19.8 Å². The van der Waals surface area contributed by atoms with Crippen molar-refractivity contribution in [3.05, 3.63) is 12.3 Å². The van der Waals surface area contributed by atoms with Crippen LogP contribution in [0.3, 0.4) is 0 Å². The molecule has 0 unspecified atom stereocenters. The molecule has 0 aliphatic carbocycles. The maximum Gasteiger partial charge on any atom is 0.334 e. The Kier molecular flexibility index (Phi) is 7.86. The van der Waals surface area contributed by atoms with Crippen molar-refractivity contribution < 1.29 is 18.3 Å². The molecular formula is C9H19O4P. The molecular weight excluding hydrogens is 203 g/mol. The van der Waals surface area contributed by atoms with Crippen LogP contribution in [0.1, 0.15) is 20.8 Å². The quantitative estimate of drug-likeness (QED) is 0.468. The summed E-state index contributed by atoms with van der Waals surface area (Å²) in [6.07, 6.45) is 3.44. The van der Waals surface area contributed by atoms with Crippen LogP contribution in [0.5, 0.6) is 0 Å². The van der Waals surface area contributed by atoms with Gasteiger partial charge < -0.3 is 13.8 Å². The normalized spacial score (nSPS) is 12.2. The van der Waals surface area contributed by atoms with Crippen molar-refractivity contribution in [2.75, 3.05) is 26.0 Å². The molecule has 0 rings (SSSR count). The molecule has 0 radical (unpaired) electrons. The van der Waals surface area contributed by atoms with Crippen molar-refractivity contribution in [3.8, 4) is 0 Å². The second-order valence-electron chi connectivity index (χ2n) is 2.46. The van der Waals surface area contributed by atoms with Crippen molar-refractivity contribution in [2.24, 2.45) is 0 Å². The van der Waals surface area contributed by atoms with E-state index in [1.807, 2.05) is 6.92 Å². The summed E-state index contributed by atoms with van der Waals surface area (Å²) >= 11 is 0. The van der Waals surface area contributed by atoms with Crippen LogP contribution in [0.2, 0.25) is 0 Å². The first-order valence-electron chi connectivity index (χ1n) is 4.83. The Hall–Kier alpha value is -0.310. The van der Waals surface area contributed by atoms with E-state index >= 15 is 0 Å². The third-order valence-electron chi connectivity index (χ3n) is 1.34. The lowest BCUT2D eigenvalue weighted by molar-refractivity contribution is 0.222. The third kappa shape index (κ3) is 6.19. The van der Waals surface area contributed by atoms with Crippen LogP contribution < -0.4 is 0 Å². The first-order chi connectivity index (χ1) is 6.68. The van der Waals surface area contributed by atoms with E-state index in [2.05, 4.69) is 0 Å². The number of ether oxygens (including phenoxy) is 1. The highest BCUT2D eigenvalue weighted by molar-refractivity contribution is 7.54. The first-order valence-corrected chi connectivity index (χ1v) is 6.56. The third-order valence-corrected chi connectivity index (χ3v) is 3.30. The number of hydrogen-bond acceptors (Lipinski definition) is 4. The summed E-state index contributed by atoms with van der Waals surface area (Å²) in [5, 5.41) is 0. The molecule has 84 valence electrons. The van der Waals surface area contributed by atoms with Gasteiger partial charge in [0.05, 0.1) is 32.2 Å². The van der Waals surface area contributed by atoms with Gasteiger partial charge in [-0.1, -0.05) is 0 Å². The molecule has 0 N–H and O–H groups in total. The summed E-state index contributed by atoms with van der Waals surface area (Å²) in [6, 6.07) is 0. The van der Waals surface area contributed by atoms with Crippen molar-refractivity contribution in [3.63, 3.8) is 0 Å². The van der Waals surface area contributed by atoms with Gasteiger partial charge in [-0.25, -0.2) is 0 Å². The summed E-state index contributed by atoms with van der Waals surface area (Å²) in [4.78, 5) is 0. The lowest BCUT2D eigenvalue weighted by atomic mass is 10.7. The van der Waals surface area contributed by atoms with Crippen LogP contribution in [-0.2, 0) is 18.3 Å². The minimum absolute atomic E-state index is 0.259. The highest BCUT2D eigenvalue weighted by Gasteiger charge is 2.20. The largest absolute Gasteiger partial charge is 0.502 e. The standard InChI is InChI=1S/C9H19O4P/c1-4-11-8-7-9-14(10,12-5-2)13-6-3/h7-8H,4-6,9H2,1-3H3. The molecule has 0 atom stereocenters. The summed E-state index contributed by atoms with van der Waals surface area (Å²) in [5.41, 5.74) is 0. The fraction of sp³-hybridized carbons (Fsp3) is 0.778. The van der Waals surface area contributed by atoms with Crippen molar-refractivity contribution in [1.82, 2.24) is 0 Å². The monoisotopic (exact) mass is 222 g/mol. The van der Waals surface area contributed by atoms with E-state index in [0.717, 1.165) is 0 Å². The molecule has 0 aliphatic heterocycles.